The van der Waals surface area contributed by atoms with Gasteiger partial charge in [0.25, 0.3) is 0 Å². The Morgan fingerprint density at radius 1 is 1.35 bits per heavy atom. The molecule has 1 rings (SSSR count). The fraction of sp³-hybridized carbons (Fsp3) is 0.538. The minimum atomic E-state index is 0.491. The zero-order valence-electron chi connectivity index (χ0n) is 10.7. The van der Waals surface area contributed by atoms with Gasteiger partial charge in [0.1, 0.15) is 0 Å². The van der Waals surface area contributed by atoms with Gasteiger partial charge in [0.2, 0.25) is 0 Å². The molecule has 0 fully saturated rings. The largest absolute Gasteiger partial charge is 0.399 e. The van der Waals surface area contributed by atoms with Crippen LogP contribution in [-0.4, -0.2) is 31.2 Å². The van der Waals surface area contributed by atoms with Crippen LogP contribution < -0.4 is 5.73 Å². The average Bonchev–Trinajstić information content (AvgIpc) is 2.22. The molecule has 0 aliphatic heterocycles. The maximum atomic E-state index is 5.84. The number of nitrogens with zero attached hydrogens (tertiary/aromatic N) is 1. The summed E-state index contributed by atoms with van der Waals surface area (Å²) in [5, 5.41) is 0. The van der Waals surface area contributed by atoms with Crippen molar-refractivity contribution in [3.05, 3.63) is 28.2 Å². The van der Waals surface area contributed by atoms with Gasteiger partial charge in [-0.2, -0.15) is 0 Å². The van der Waals surface area contributed by atoms with Crippen molar-refractivity contribution >= 4 is 21.6 Å². The first kappa shape index (κ1) is 14.5. The van der Waals surface area contributed by atoms with Crippen LogP contribution in [0.2, 0.25) is 0 Å². The summed E-state index contributed by atoms with van der Waals surface area (Å²) in [6.07, 6.45) is 0. The molecule has 4 heteroatoms. The van der Waals surface area contributed by atoms with Gasteiger partial charge in [-0.15, -0.1) is 0 Å². The van der Waals surface area contributed by atoms with Crippen LogP contribution in [0.1, 0.15) is 19.4 Å². The number of nitrogen functional groups attached to an aromatic ring is 1. The fourth-order valence-corrected chi connectivity index (χ4v) is 2.29. The van der Waals surface area contributed by atoms with E-state index in [1.54, 1.807) is 7.11 Å². The highest BCUT2D eigenvalue weighted by Crippen LogP contribution is 2.19. The highest BCUT2D eigenvalue weighted by atomic mass is 79.9. The van der Waals surface area contributed by atoms with E-state index in [1.165, 1.54) is 5.56 Å². The predicted octanol–water partition coefficient (Wildman–Crippen LogP) is 2.89. The number of hydrogen-bond donors (Lipinski definition) is 1. The highest BCUT2D eigenvalue weighted by molar-refractivity contribution is 9.10. The molecule has 0 bridgehead atoms. The van der Waals surface area contributed by atoms with E-state index in [2.05, 4.69) is 40.7 Å². The number of nitrogens with two attached hydrogens (primary N) is 1. The quantitative estimate of drug-likeness (QED) is 0.821. The molecule has 0 aliphatic carbocycles. The van der Waals surface area contributed by atoms with Crippen LogP contribution in [0.25, 0.3) is 0 Å². The summed E-state index contributed by atoms with van der Waals surface area (Å²) >= 11 is 3.47. The topological polar surface area (TPSA) is 38.5 Å². The van der Waals surface area contributed by atoms with Crippen LogP contribution in [0.3, 0.4) is 0 Å². The number of anilines is 1. The number of rotatable bonds is 6. The highest BCUT2D eigenvalue weighted by Gasteiger charge is 2.10. The summed E-state index contributed by atoms with van der Waals surface area (Å²) in [5.74, 6) is 0. The molecule has 0 aliphatic rings. The van der Waals surface area contributed by atoms with E-state index in [1.807, 2.05) is 12.1 Å². The minimum Gasteiger partial charge on any atom is -0.399 e. The van der Waals surface area contributed by atoms with Crippen molar-refractivity contribution in [2.45, 2.75) is 26.4 Å². The molecule has 0 saturated carbocycles. The van der Waals surface area contributed by atoms with Gasteiger partial charge >= 0.3 is 0 Å². The Morgan fingerprint density at radius 3 is 2.59 bits per heavy atom. The number of halogens is 1. The summed E-state index contributed by atoms with van der Waals surface area (Å²) < 4.78 is 6.16. The van der Waals surface area contributed by atoms with Gasteiger partial charge in [-0.1, -0.05) is 15.9 Å². The van der Waals surface area contributed by atoms with Crippen molar-refractivity contribution in [3.8, 4) is 0 Å². The second-order valence-electron chi connectivity index (χ2n) is 4.45. The lowest BCUT2D eigenvalue weighted by atomic mass is 10.1. The molecule has 0 unspecified atom stereocenters. The molecule has 0 amide bonds. The number of ether oxygens (including phenoxy) is 1. The Balaban J connectivity index is 2.71. The Kier molecular flexibility index (Phi) is 5.95. The molecule has 0 aromatic heterocycles. The van der Waals surface area contributed by atoms with E-state index in [0.29, 0.717) is 6.04 Å². The van der Waals surface area contributed by atoms with Crippen LogP contribution in [0.15, 0.2) is 22.7 Å². The van der Waals surface area contributed by atoms with Crippen molar-refractivity contribution < 1.29 is 4.74 Å². The van der Waals surface area contributed by atoms with Crippen LogP contribution in [0, 0.1) is 0 Å². The van der Waals surface area contributed by atoms with E-state index in [0.717, 1.165) is 29.9 Å². The SMILES string of the molecule is COCCN(Cc1cc(N)cc(Br)c1)C(C)C. The van der Waals surface area contributed by atoms with Crippen LogP contribution in [0.5, 0.6) is 0 Å². The molecule has 3 nitrogen and oxygen atoms in total. The molecular formula is C13H21BrN2O. The van der Waals surface area contributed by atoms with Gasteiger partial charge < -0.3 is 10.5 Å². The monoisotopic (exact) mass is 300 g/mol. The van der Waals surface area contributed by atoms with Crippen LogP contribution >= 0.6 is 15.9 Å². The van der Waals surface area contributed by atoms with Crippen molar-refractivity contribution in [3.63, 3.8) is 0 Å². The third kappa shape index (κ3) is 5.06. The maximum absolute atomic E-state index is 5.84. The molecule has 96 valence electrons. The maximum Gasteiger partial charge on any atom is 0.0589 e. The van der Waals surface area contributed by atoms with Crippen molar-refractivity contribution in [2.75, 3.05) is 26.0 Å². The first-order valence-electron chi connectivity index (χ1n) is 5.81. The lowest BCUT2D eigenvalue weighted by Gasteiger charge is -2.26. The van der Waals surface area contributed by atoms with E-state index < -0.39 is 0 Å². The van der Waals surface area contributed by atoms with E-state index in [9.17, 15) is 0 Å². The molecule has 0 spiro atoms. The fourth-order valence-electron chi connectivity index (χ4n) is 1.73. The Labute approximate surface area is 112 Å². The molecule has 0 heterocycles. The Hall–Kier alpha value is -0.580. The first-order valence-corrected chi connectivity index (χ1v) is 6.60. The summed E-state index contributed by atoms with van der Waals surface area (Å²) in [7, 11) is 1.73. The third-order valence-corrected chi connectivity index (χ3v) is 3.14. The molecule has 2 N–H and O–H groups in total. The van der Waals surface area contributed by atoms with E-state index in [4.69, 9.17) is 10.5 Å². The van der Waals surface area contributed by atoms with Gasteiger partial charge in [-0.05, 0) is 37.6 Å². The molecule has 0 radical (unpaired) electrons. The Morgan fingerprint density at radius 2 is 2.06 bits per heavy atom. The van der Waals surface area contributed by atoms with Gasteiger partial charge in [0.15, 0.2) is 0 Å². The summed E-state index contributed by atoms with van der Waals surface area (Å²) in [5.41, 5.74) is 7.86. The normalized spacial score (nSPS) is 11.4. The van der Waals surface area contributed by atoms with E-state index >= 15 is 0 Å². The molecule has 1 aromatic carbocycles. The summed E-state index contributed by atoms with van der Waals surface area (Å²) in [6.45, 7) is 6.96. The first-order chi connectivity index (χ1) is 8.02. The van der Waals surface area contributed by atoms with Gasteiger partial charge in [-0.25, -0.2) is 0 Å². The molecular weight excluding hydrogens is 280 g/mol. The molecule has 1 aromatic rings. The number of benzene rings is 1. The lowest BCUT2D eigenvalue weighted by Crippen LogP contribution is -2.33. The van der Waals surface area contributed by atoms with Gasteiger partial charge in [-0.3, -0.25) is 4.90 Å². The zero-order valence-corrected chi connectivity index (χ0v) is 12.3. The van der Waals surface area contributed by atoms with Crippen molar-refractivity contribution in [1.82, 2.24) is 4.90 Å². The van der Waals surface area contributed by atoms with Crippen molar-refractivity contribution in [2.24, 2.45) is 0 Å². The van der Waals surface area contributed by atoms with E-state index in [-0.39, 0.29) is 0 Å². The molecule has 0 saturated heterocycles. The van der Waals surface area contributed by atoms with Crippen LogP contribution in [-0.2, 0) is 11.3 Å². The van der Waals surface area contributed by atoms with Gasteiger partial charge in [0.05, 0.1) is 6.61 Å². The van der Waals surface area contributed by atoms with Crippen molar-refractivity contribution in [1.29, 1.82) is 0 Å². The third-order valence-electron chi connectivity index (χ3n) is 2.68. The summed E-state index contributed by atoms with van der Waals surface area (Å²) in [6, 6.07) is 6.54. The second-order valence-corrected chi connectivity index (χ2v) is 5.37. The number of methoxy groups -OCH3 is 1. The zero-order chi connectivity index (χ0) is 12.8. The number of hydrogen-bond acceptors (Lipinski definition) is 3. The molecule has 17 heavy (non-hydrogen) atoms. The van der Waals surface area contributed by atoms with Gasteiger partial charge in [0, 0.05) is 36.4 Å². The predicted molar refractivity (Wildman–Crippen MR) is 76.0 cm³/mol. The molecule has 0 atom stereocenters. The Bertz CT molecular complexity index is 335. The summed E-state index contributed by atoms with van der Waals surface area (Å²) in [4.78, 5) is 2.37. The standard InChI is InChI=1S/C13H21BrN2O/c1-10(2)16(4-5-17-3)9-11-6-12(14)8-13(15)7-11/h6-8,10H,4-5,9,15H2,1-3H3. The smallest absolute Gasteiger partial charge is 0.0589 e. The second kappa shape index (κ2) is 6.99. The average molecular weight is 301 g/mol. The van der Waals surface area contributed by atoms with Crippen LogP contribution in [0.4, 0.5) is 5.69 Å². The minimum absolute atomic E-state index is 0.491. The lowest BCUT2D eigenvalue weighted by molar-refractivity contribution is 0.125.